The molecular formula is C12H12Cl3LiOP. The molecule has 6 heteroatoms. The Morgan fingerprint density at radius 2 is 1.61 bits per heavy atom. The molecule has 0 spiro atoms. The molecule has 93 valence electrons. The van der Waals surface area contributed by atoms with Crippen LogP contribution in [0.1, 0.15) is 36.0 Å². The van der Waals surface area contributed by atoms with Crippen LogP contribution in [0.2, 0.25) is 15.1 Å². The van der Waals surface area contributed by atoms with Gasteiger partial charge in [-0.05, 0) is 39.2 Å². The van der Waals surface area contributed by atoms with Crippen LogP contribution in [0, 0.1) is 0 Å². The molecule has 0 aliphatic heterocycles. The largest absolute Gasteiger partial charge is 0.289 e. The second-order valence-corrected chi connectivity index (χ2v) is 7.01. The van der Waals surface area contributed by atoms with Crippen molar-refractivity contribution in [1.29, 1.82) is 0 Å². The van der Waals surface area contributed by atoms with Crippen molar-refractivity contribution in [3.63, 3.8) is 0 Å². The number of hydrogen-bond acceptors (Lipinski definition) is 1. The summed E-state index contributed by atoms with van der Waals surface area (Å²) in [6, 6.07) is 3.14. The number of halogens is 3. The Hall–Kier alpha value is 0.787. The van der Waals surface area contributed by atoms with Crippen molar-refractivity contribution in [2.75, 3.05) is 0 Å². The van der Waals surface area contributed by atoms with E-state index in [0.29, 0.717) is 26.3 Å². The molecular weight excluding hydrogens is 304 g/mol. The van der Waals surface area contributed by atoms with E-state index in [1.165, 1.54) is 12.8 Å². The van der Waals surface area contributed by atoms with Gasteiger partial charge in [-0.15, -0.1) is 0 Å². The summed E-state index contributed by atoms with van der Waals surface area (Å²) < 4.78 is 0. The van der Waals surface area contributed by atoms with Gasteiger partial charge in [-0.1, -0.05) is 47.6 Å². The molecule has 1 unspecified atom stereocenters. The molecule has 0 heterocycles. The molecule has 2 rings (SSSR count). The Balaban J connectivity index is 0.00000162. The standard InChI is InChI=1S/C12H12Cl3OP.Li/c13-7-5-9(14)11(10(15)6-7)12(16)17-8-3-1-2-4-8;/h5-6,8,17H,1-4H2;. The van der Waals surface area contributed by atoms with Gasteiger partial charge in [0.2, 0.25) is 0 Å². The molecule has 0 saturated heterocycles. The van der Waals surface area contributed by atoms with Crippen LogP contribution < -0.4 is 0 Å². The van der Waals surface area contributed by atoms with Crippen LogP contribution >= 0.6 is 43.4 Å². The van der Waals surface area contributed by atoms with Gasteiger partial charge in [0, 0.05) is 23.9 Å². The first kappa shape index (κ1) is 16.8. The summed E-state index contributed by atoms with van der Waals surface area (Å²) in [5, 5.41) is 1.18. The Morgan fingerprint density at radius 3 is 2.11 bits per heavy atom. The molecule has 1 saturated carbocycles. The minimum Gasteiger partial charge on any atom is -0.289 e. The van der Waals surface area contributed by atoms with Crippen molar-refractivity contribution in [2.24, 2.45) is 0 Å². The number of benzene rings is 1. The van der Waals surface area contributed by atoms with Crippen LogP contribution in [-0.2, 0) is 0 Å². The zero-order chi connectivity index (χ0) is 12.4. The molecule has 1 aromatic carbocycles. The molecule has 1 atom stereocenters. The molecule has 0 N–H and O–H groups in total. The third kappa shape index (κ3) is 4.14. The Kier molecular flexibility index (Phi) is 7.05. The van der Waals surface area contributed by atoms with Gasteiger partial charge in [-0.3, -0.25) is 4.79 Å². The van der Waals surface area contributed by atoms with E-state index in [-0.39, 0.29) is 33.0 Å². The summed E-state index contributed by atoms with van der Waals surface area (Å²) in [5.74, 6) is 0. The average molecular weight is 317 g/mol. The van der Waals surface area contributed by atoms with E-state index in [1.807, 2.05) is 0 Å². The van der Waals surface area contributed by atoms with E-state index in [2.05, 4.69) is 0 Å². The fourth-order valence-electron chi connectivity index (χ4n) is 2.09. The van der Waals surface area contributed by atoms with E-state index < -0.39 is 0 Å². The third-order valence-electron chi connectivity index (χ3n) is 2.92. The summed E-state index contributed by atoms with van der Waals surface area (Å²) >= 11 is 17.9. The summed E-state index contributed by atoms with van der Waals surface area (Å²) in [5.41, 5.74) is 1.01. The zero-order valence-corrected chi connectivity index (χ0v) is 13.4. The van der Waals surface area contributed by atoms with Crippen molar-refractivity contribution in [3.05, 3.63) is 32.8 Å². The van der Waals surface area contributed by atoms with E-state index in [0.717, 1.165) is 12.8 Å². The SMILES string of the molecule is O=C(PC1CCCC1)c1c(Cl)cc(Cl)cc1Cl.[Li]. The average Bonchev–Trinajstić information content (AvgIpc) is 2.68. The summed E-state index contributed by atoms with van der Waals surface area (Å²) in [6.45, 7) is 0. The van der Waals surface area contributed by atoms with Crippen molar-refractivity contribution in [2.45, 2.75) is 31.3 Å². The van der Waals surface area contributed by atoms with Crippen LogP contribution in [0.4, 0.5) is 0 Å². The molecule has 1 aliphatic rings. The van der Waals surface area contributed by atoms with Crippen LogP contribution in [0.5, 0.6) is 0 Å². The topological polar surface area (TPSA) is 17.1 Å². The first-order chi connectivity index (χ1) is 8.08. The maximum Gasteiger partial charge on any atom is 0.184 e. The fourth-order valence-corrected chi connectivity index (χ4v) is 4.72. The second-order valence-electron chi connectivity index (χ2n) is 4.20. The van der Waals surface area contributed by atoms with Gasteiger partial charge >= 0.3 is 0 Å². The Morgan fingerprint density at radius 1 is 1.11 bits per heavy atom. The van der Waals surface area contributed by atoms with Gasteiger partial charge in [-0.25, -0.2) is 0 Å². The number of carbonyl (C=O) groups is 1. The van der Waals surface area contributed by atoms with Crippen LogP contribution in [0.25, 0.3) is 0 Å². The van der Waals surface area contributed by atoms with Crippen molar-refractivity contribution < 1.29 is 4.79 Å². The van der Waals surface area contributed by atoms with Crippen molar-refractivity contribution in [3.8, 4) is 0 Å². The quantitative estimate of drug-likeness (QED) is 0.565. The predicted octanol–water partition coefficient (Wildman–Crippen LogP) is 5.03. The molecule has 0 amide bonds. The van der Waals surface area contributed by atoms with E-state index in [9.17, 15) is 4.79 Å². The first-order valence-electron chi connectivity index (χ1n) is 5.53. The van der Waals surface area contributed by atoms with Gasteiger partial charge < -0.3 is 0 Å². The van der Waals surface area contributed by atoms with Crippen LogP contribution in [-0.4, -0.2) is 30.0 Å². The van der Waals surface area contributed by atoms with Crippen LogP contribution in [0.15, 0.2) is 12.1 Å². The van der Waals surface area contributed by atoms with Gasteiger partial charge in [0.05, 0.1) is 15.6 Å². The molecule has 0 bridgehead atoms. The van der Waals surface area contributed by atoms with Gasteiger partial charge in [0.1, 0.15) is 0 Å². The zero-order valence-electron chi connectivity index (χ0n) is 10.1. The smallest absolute Gasteiger partial charge is 0.184 e. The maximum absolute atomic E-state index is 12.2. The minimum absolute atomic E-state index is 0. The van der Waals surface area contributed by atoms with E-state index in [1.54, 1.807) is 12.1 Å². The first-order valence-corrected chi connectivity index (χ1v) is 7.74. The fraction of sp³-hybridized carbons (Fsp3) is 0.417. The predicted molar refractivity (Wildman–Crippen MR) is 82.1 cm³/mol. The van der Waals surface area contributed by atoms with Crippen molar-refractivity contribution >= 4 is 67.8 Å². The minimum atomic E-state index is 0. The van der Waals surface area contributed by atoms with E-state index in [4.69, 9.17) is 34.8 Å². The van der Waals surface area contributed by atoms with Gasteiger partial charge in [0.25, 0.3) is 0 Å². The monoisotopic (exact) mass is 315 g/mol. The van der Waals surface area contributed by atoms with E-state index >= 15 is 0 Å². The summed E-state index contributed by atoms with van der Waals surface area (Å²) in [6.07, 6.45) is 4.75. The Labute approximate surface area is 136 Å². The normalized spacial score (nSPS) is 16.2. The number of rotatable bonds is 3. The molecule has 18 heavy (non-hydrogen) atoms. The molecule has 1 aromatic rings. The number of carbonyl (C=O) groups excluding carboxylic acids is 1. The van der Waals surface area contributed by atoms with Crippen molar-refractivity contribution in [1.82, 2.24) is 0 Å². The molecule has 0 aromatic heterocycles. The second kappa shape index (κ2) is 7.54. The van der Waals surface area contributed by atoms with Gasteiger partial charge in [0.15, 0.2) is 5.52 Å². The molecule has 1 aliphatic carbocycles. The van der Waals surface area contributed by atoms with Gasteiger partial charge in [-0.2, -0.15) is 0 Å². The molecule has 1 nitrogen and oxygen atoms in total. The van der Waals surface area contributed by atoms with Crippen LogP contribution in [0.3, 0.4) is 0 Å². The summed E-state index contributed by atoms with van der Waals surface area (Å²) in [7, 11) is 0.276. The molecule has 1 fully saturated rings. The Bertz CT molecular complexity index is 424. The third-order valence-corrected chi connectivity index (χ3v) is 5.24. The number of hydrogen-bond donors (Lipinski definition) is 0. The molecule has 1 radical (unpaired) electrons. The summed E-state index contributed by atoms with van der Waals surface area (Å²) in [4.78, 5) is 12.2. The maximum atomic E-state index is 12.2.